The zero-order valence-electron chi connectivity index (χ0n) is 12.4. The molecule has 3 aromatic rings. The molecule has 118 valence electrons. The Bertz CT molecular complexity index is 1060. The van der Waals surface area contributed by atoms with Gasteiger partial charge >= 0.3 is 0 Å². The molecule has 0 aliphatic carbocycles. The molecule has 0 spiro atoms. The number of hydrogen-bond acceptors (Lipinski definition) is 6. The average Bonchev–Trinajstić information content (AvgIpc) is 2.54. The average molecular weight is 331 g/mol. The molecule has 0 fully saturated rings. The van der Waals surface area contributed by atoms with Crippen LogP contribution >= 0.6 is 0 Å². The van der Waals surface area contributed by atoms with E-state index in [0.717, 1.165) is 6.26 Å². The van der Waals surface area contributed by atoms with Crippen LogP contribution in [0.25, 0.3) is 22.3 Å². The lowest BCUT2D eigenvalue weighted by Gasteiger charge is -2.06. The van der Waals surface area contributed by atoms with E-state index in [2.05, 4.69) is 15.0 Å². The van der Waals surface area contributed by atoms with Crippen molar-refractivity contribution in [1.82, 2.24) is 15.0 Å². The topological polar surface area (TPSA) is 102 Å². The first-order valence-corrected chi connectivity index (χ1v) is 8.52. The number of hydrogen-bond donors (Lipinski definition) is 1. The van der Waals surface area contributed by atoms with Crippen molar-refractivity contribution >= 4 is 20.7 Å². The molecule has 0 bridgehead atoms. The molecule has 0 aliphatic heterocycles. The molecular weight excluding hydrogens is 318 g/mol. The van der Waals surface area contributed by atoms with Crippen molar-refractivity contribution in [3.8, 4) is 17.1 Å². The Morgan fingerprint density at radius 3 is 2.65 bits per heavy atom. The van der Waals surface area contributed by atoms with E-state index in [0.29, 0.717) is 22.2 Å². The summed E-state index contributed by atoms with van der Waals surface area (Å²) in [6, 6.07) is 7.93. The predicted molar refractivity (Wildman–Crippen MR) is 85.3 cm³/mol. The number of fused-ring (bicyclic) bond motifs is 1. The van der Waals surface area contributed by atoms with Gasteiger partial charge in [-0.15, -0.1) is 0 Å². The highest BCUT2D eigenvalue weighted by molar-refractivity contribution is 7.90. The Balaban J connectivity index is 2.20. The molecule has 2 aromatic heterocycles. The summed E-state index contributed by atoms with van der Waals surface area (Å²) >= 11 is 0. The largest absolute Gasteiger partial charge is 0.497 e. The molecule has 0 atom stereocenters. The molecule has 0 unspecified atom stereocenters. The lowest BCUT2D eigenvalue weighted by Crippen LogP contribution is -2.10. The number of H-pyrrole nitrogens is 1. The van der Waals surface area contributed by atoms with Crippen LogP contribution in [0.3, 0.4) is 0 Å². The lowest BCUT2D eigenvalue weighted by molar-refractivity contribution is 0.415. The van der Waals surface area contributed by atoms with Crippen LogP contribution < -0.4 is 10.3 Å². The van der Waals surface area contributed by atoms with E-state index >= 15 is 0 Å². The van der Waals surface area contributed by atoms with E-state index in [9.17, 15) is 13.2 Å². The van der Waals surface area contributed by atoms with Crippen LogP contribution in [0.15, 0.2) is 46.3 Å². The van der Waals surface area contributed by atoms with Crippen molar-refractivity contribution in [2.24, 2.45) is 0 Å². The second-order valence-electron chi connectivity index (χ2n) is 4.95. The minimum absolute atomic E-state index is 0.0764. The van der Waals surface area contributed by atoms with Crippen molar-refractivity contribution in [2.75, 3.05) is 13.4 Å². The van der Waals surface area contributed by atoms with Gasteiger partial charge in [-0.25, -0.2) is 18.4 Å². The third-order valence-electron chi connectivity index (χ3n) is 3.30. The van der Waals surface area contributed by atoms with E-state index in [4.69, 9.17) is 4.74 Å². The summed E-state index contributed by atoms with van der Waals surface area (Å²) < 4.78 is 28.3. The number of pyridine rings is 1. The van der Waals surface area contributed by atoms with Gasteiger partial charge in [-0.2, -0.15) is 0 Å². The van der Waals surface area contributed by atoms with Crippen molar-refractivity contribution in [3.05, 3.63) is 46.9 Å². The number of aromatic amines is 1. The quantitative estimate of drug-likeness (QED) is 0.778. The summed E-state index contributed by atoms with van der Waals surface area (Å²) in [6.07, 6.45) is 2.44. The first kappa shape index (κ1) is 15.2. The summed E-state index contributed by atoms with van der Waals surface area (Å²) in [5.41, 5.74) is 0.624. The summed E-state index contributed by atoms with van der Waals surface area (Å²) in [6.45, 7) is 0. The summed E-state index contributed by atoms with van der Waals surface area (Å²) in [5.74, 6) is 0.834. The van der Waals surface area contributed by atoms with Crippen LogP contribution in [0.4, 0.5) is 0 Å². The fourth-order valence-electron chi connectivity index (χ4n) is 2.14. The highest BCUT2D eigenvalue weighted by atomic mass is 32.2. The molecule has 0 saturated carbocycles. The van der Waals surface area contributed by atoms with Gasteiger partial charge in [0.05, 0.1) is 18.0 Å². The van der Waals surface area contributed by atoms with E-state index in [-0.39, 0.29) is 16.4 Å². The molecule has 0 amide bonds. The van der Waals surface area contributed by atoms with Crippen molar-refractivity contribution in [1.29, 1.82) is 0 Å². The predicted octanol–water partition coefficient (Wildman–Crippen LogP) is 1.40. The Morgan fingerprint density at radius 1 is 1.17 bits per heavy atom. The van der Waals surface area contributed by atoms with Gasteiger partial charge in [0.1, 0.15) is 11.6 Å². The minimum atomic E-state index is -3.44. The Morgan fingerprint density at radius 2 is 1.96 bits per heavy atom. The molecule has 23 heavy (non-hydrogen) atoms. The van der Waals surface area contributed by atoms with Gasteiger partial charge in [-0.1, -0.05) is 0 Å². The van der Waals surface area contributed by atoms with Crippen molar-refractivity contribution < 1.29 is 13.2 Å². The van der Waals surface area contributed by atoms with Crippen LogP contribution in [0, 0.1) is 0 Å². The van der Waals surface area contributed by atoms with Gasteiger partial charge in [0.15, 0.2) is 14.9 Å². The second kappa shape index (κ2) is 5.47. The van der Waals surface area contributed by atoms with Gasteiger partial charge in [0.25, 0.3) is 5.56 Å². The molecule has 1 N–H and O–H groups in total. The van der Waals surface area contributed by atoms with Gasteiger partial charge < -0.3 is 9.72 Å². The van der Waals surface area contributed by atoms with Gasteiger partial charge in [0, 0.05) is 18.0 Å². The first-order valence-electron chi connectivity index (χ1n) is 6.63. The minimum Gasteiger partial charge on any atom is -0.497 e. The molecule has 0 aliphatic rings. The molecule has 2 heterocycles. The smallest absolute Gasteiger partial charge is 0.259 e. The molecule has 0 radical (unpaired) electrons. The maximum absolute atomic E-state index is 12.2. The number of sulfone groups is 1. The van der Waals surface area contributed by atoms with E-state index in [1.54, 1.807) is 24.3 Å². The van der Waals surface area contributed by atoms with Gasteiger partial charge in [0.2, 0.25) is 0 Å². The number of benzene rings is 1. The summed E-state index contributed by atoms with van der Waals surface area (Å²) in [4.78, 5) is 23.1. The fraction of sp³-hybridized carbons (Fsp3) is 0.133. The Labute approximate surface area is 131 Å². The SMILES string of the molecule is COc1ccc2nc(-c3ccnc(S(C)(=O)=O)c3)[nH]c(=O)c2c1. The third-order valence-corrected chi connectivity index (χ3v) is 4.28. The van der Waals surface area contributed by atoms with E-state index in [1.165, 1.54) is 19.4 Å². The Kier molecular flexibility index (Phi) is 3.61. The standard InChI is InChI=1S/C15H13N3O4S/c1-22-10-3-4-12-11(8-10)15(19)18-14(17-12)9-5-6-16-13(7-9)23(2,20)21/h3-8H,1-2H3,(H,17,18,19). The van der Waals surface area contributed by atoms with Gasteiger partial charge in [-0.05, 0) is 30.3 Å². The number of nitrogens with one attached hydrogen (secondary N) is 1. The molecular formula is C15H13N3O4S. The van der Waals surface area contributed by atoms with E-state index in [1.807, 2.05) is 0 Å². The van der Waals surface area contributed by atoms with Crippen LogP contribution in [0.2, 0.25) is 0 Å². The highest BCUT2D eigenvalue weighted by Crippen LogP contribution is 2.21. The maximum atomic E-state index is 12.2. The number of ether oxygens (including phenoxy) is 1. The normalized spacial score (nSPS) is 11.6. The number of nitrogens with zero attached hydrogens (tertiary/aromatic N) is 2. The number of aromatic nitrogens is 3. The zero-order valence-corrected chi connectivity index (χ0v) is 13.2. The molecule has 1 aromatic carbocycles. The van der Waals surface area contributed by atoms with Crippen LogP contribution in [0.1, 0.15) is 0 Å². The number of rotatable bonds is 3. The third kappa shape index (κ3) is 2.93. The lowest BCUT2D eigenvalue weighted by atomic mass is 10.2. The Hall–Kier alpha value is -2.74. The summed E-state index contributed by atoms with van der Waals surface area (Å²) in [7, 11) is -1.93. The van der Waals surface area contributed by atoms with Crippen molar-refractivity contribution in [3.63, 3.8) is 0 Å². The first-order chi connectivity index (χ1) is 10.9. The number of methoxy groups -OCH3 is 1. The van der Waals surface area contributed by atoms with Crippen LogP contribution in [0.5, 0.6) is 5.75 Å². The van der Waals surface area contributed by atoms with Gasteiger partial charge in [-0.3, -0.25) is 4.79 Å². The molecule has 7 nitrogen and oxygen atoms in total. The molecule has 3 rings (SSSR count). The zero-order chi connectivity index (χ0) is 16.6. The fourth-order valence-corrected chi connectivity index (χ4v) is 2.73. The van der Waals surface area contributed by atoms with Crippen molar-refractivity contribution in [2.45, 2.75) is 5.03 Å². The monoisotopic (exact) mass is 331 g/mol. The van der Waals surface area contributed by atoms with Crippen LogP contribution in [-0.4, -0.2) is 36.7 Å². The maximum Gasteiger partial charge on any atom is 0.259 e. The molecule has 8 heteroatoms. The molecule has 0 saturated heterocycles. The van der Waals surface area contributed by atoms with E-state index < -0.39 is 9.84 Å². The summed E-state index contributed by atoms with van der Waals surface area (Å²) in [5, 5.41) is 0.318. The second-order valence-corrected chi connectivity index (χ2v) is 6.92. The highest BCUT2D eigenvalue weighted by Gasteiger charge is 2.12. The van der Waals surface area contributed by atoms with Crippen LogP contribution in [-0.2, 0) is 9.84 Å².